The molecule has 0 bridgehead atoms. The predicted octanol–water partition coefficient (Wildman–Crippen LogP) is 3.77. The Balaban J connectivity index is 1.38. The second kappa shape index (κ2) is 8.80. The third-order valence-corrected chi connectivity index (χ3v) is 5.13. The fourth-order valence-electron chi connectivity index (χ4n) is 3.73. The lowest BCUT2D eigenvalue weighted by Gasteiger charge is -2.14. The lowest BCUT2D eigenvalue weighted by molar-refractivity contribution is 0.0944. The quantitative estimate of drug-likeness (QED) is 0.586. The standard InChI is InChI=1S/C24H22N2O4/c27-14-13-25-23(28)16-9-11-17(12-10-16)26-24(29)30-15-22-20-7-3-1-5-18(20)19-6-2-4-8-21(19)22/h1-12,22,27H,13-15H2,(H,25,28)(H,26,29). The first-order chi connectivity index (χ1) is 14.7. The highest BCUT2D eigenvalue weighted by molar-refractivity contribution is 5.95. The number of nitrogens with one attached hydrogen (secondary N) is 2. The summed E-state index contributed by atoms with van der Waals surface area (Å²) in [5, 5.41) is 14.0. The van der Waals surface area contributed by atoms with Gasteiger partial charge in [0, 0.05) is 23.7 Å². The molecule has 0 radical (unpaired) electrons. The minimum absolute atomic E-state index is 0.000691. The molecule has 6 nitrogen and oxygen atoms in total. The van der Waals surface area contributed by atoms with Gasteiger partial charge in [-0.25, -0.2) is 4.79 Å². The zero-order valence-electron chi connectivity index (χ0n) is 16.3. The molecule has 30 heavy (non-hydrogen) atoms. The topological polar surface area (TPSA) is 87.7 Å². The van der Waals surface area contributed by atoms with Gasteiger partial charge >= 0.3 is 6.09 Å². The minimum Gasteiger partial charge on any atom is -0.448 e. The molecule has 0 aliphatic heterocycles. The molecule has 3 aromatic rings. The number of aliphatic hydroxyl groups excluding tert-OH is 1. The smallest absolute Gasteiger partial charge is 0.411 e. The van der Waals surface area contributed by atoms with E-state index in [9.17, 15) is 9.59 Å². The van der Waals surface area contributed by atoms with Gasteiger partial charge in [0.15, 0.2) is 0 Å². The first kappa shape index (κ1) is 19.7. The Labute approximate surface area is 174 Å². The number of carbonyl (C=O) groups is 2. The van der Waals surface area contributed by atoms with Crippen LogP contribution in [0.15, 0.2) is 72.8 Å². The summed E-state index contributed by atoms with van der Waals surface area (Å²) in [6.45, 7) is 0.313. The molecule has 2 amide bonds. The summed E-state index contributed by atoms with van der Waals surface area (Å²) < 4.78 is 5.52. The molecule has 0 saturated heterocycles. The van der Waals surface area contributed by atoms with E-state index in [1.54, 1.807) is 24.3 Å². The Morgan fingerprint density at radius 3 is 2.07 bits per heavy atom. The fourth-order valence-corrected chi connectivity index (χ4v) is 3.73. The molecule has 1 aliphatic rings. The molecule has 3 N–H and O–H groups in total. The van der Waals surface area contributed by atoms with Crippen molar-refractivity contribution in [3.63, 3.8) is 0 Å². The second-order valence-corrected chi connectivity index (χ2v) is 7.01. The largest absolute Gasteiger partial charge is 0.448 e. The van der Waals surface area contributed by atoms with Gasteiger partial charge < -0.3 is 15.2 Å². The van der Waals surface area contributed by atoms with Crippen molar-refractivity contribution in [2.75, 3.05) is 25.1 Å². The molecule has 4 rings (SSSR count). The summed E-state index contributed by atoms with van der Waals surface area (Å²) in [7, 11) is 0. The lowest BCUT2D eigenvalue weighted by atomic mass is 9.98. The molecule has 0 atom stereocenters. The lowest BCUT2D eigenvalue weighted by Crippen LogP contribution is -2.26. The first-order valence-electron chi connectivity index (χ1n) is 9.78. The third-order valence-electron chi connectivity index (χ3n) is 5.13. The summed E-state index contributed by atoms with van der Waals surface area (Å²) in [5.74, 6) is -0.280. The van der Waals surface area contributed by atoms with Crippen LogP contribution in [0.1, 0.15) is 27.4 Å². The van der Waals surface area contributed by atoms with E-state index in [2.05, 4.69) is 34.9 Å². The van der Waals surface area contributed by atoms with Crippen LogP contribution in [-0.2, 0) is 4.74 Å². The SMILES string of the molecule is O=C(Nc1ccc(C(=O)NCCO)cc1)OCC1c2ccccc2-c2ccccc21. The molecule has 3 aromatic carbocycles. The van der Waals surface area contributed by atoms with Crippen LogP contribution in [0.5, 0.6) is 0 Å². The fraction of sp³-hybridized carbons (Fsp3) is 0.167. The zero-order chi connectivity index (χ0) is 20.9. The van der Waals surface area contributed by atoms with Crippen LogP contribution in [0.3, 0.4) is 0 Å². The van der Waals surface area contributed by atoms with Crippen molar-refractivity contribution in [2.24, 2.45) is 0 Å². The second-order valence-electron chi connectivity index (χ2n) is 7.01. The van der Waals surface area contributed by atoms with Crippen molar-refractivity contribution >= 4 is 17.7 Å². The monoisotopic (exact) mass is 402 g/mol. The Kier molecular flexibility index (Phi) is 5.77. The molecule has 0 aromatic heterocycles. The highest BCUT2D eigenvalue weighted by Gasteiger charge is 2.28. The van der Waals surface area contributed by atoms with Crippen molar-refractivity contribution in [3.05, 3.63) is 89.5 Å². The summed E-state index contributed by atoms with van der Waals surface area (Å²) in [6.07, 6.45) is -0.547. The number of hydrogen-bond donors (Lipinski definition) is 3. The molecular weight excluding hydrogens is 380 g/mol. The van der Waals surface area contributed by atoms with E-state index in [1.807, 2.05) is 24.3 Å². The van der Waals surface area contributed by atoms with E-state index in [-0.39, 0.29) is 31.6 Å². The molecule has 0 fully saturated rings. The Morgan fingerprint density at radius 1 is 0.867 bits per heavy atom. The number of fused-ring (bicyclic) bond motifs is 3. The molecule has 152 valence electrons. The van der Waals surface area contributed by atoms with E-state index in [0.29, 0.717) is 11.3 Å². The van der Waals surface area contributed by atoms with Gasteiger partial charge in [0.2, 0.25) is 0 Å². The third kappa shape index (κ3) is 4.04. The molecule has 6 heteroatoms. The van der Waals surface area contributed by atoms with Crippen molar-refractivity contribution in [1.29, 1.82) is 0 Å². The zero-order valence-corrected chi connectivity index (χ0v) is 16.3. The Bertz CT molecular complexity index is 1020. The van der Waals surface area contributed by atoms with Crippen molar-refractivity contribution < 1.29 is 19.4 Å². The van der Waals surface area contributed by atoms with Gasteiger partial charge in [0.05, 0.1) is 6.61 Å². The average Bonchev–Trinajstić information content (AvgIpc) is 3.10. The summed E-state index contributed by atoms with van der Waals surface area (Å²) in [6, 6.07) is 22.8. The van der Waals surface area contributed by atoms with Crippen LogP contribution in [-0.4, -0.2) is 36.9 Å². The predicted molar refractivity (Wildman–Crippen MR) is 115 cm³/mol. The molecule has 0 saturated carbocycles. The highest BCUT2D eigenvalue weighted by atomic mass is 16.5. The van der Waals surface area contributed by atoms with Crippen molar-refractivity contribution in [3.8, 4) is 11.1 Å². The van der Waals surface area contributed by atoms with Gasteiger partial charge in [0.25, 0.3) is 5.91 Å². The van der Waals surface area contributed by atoms with E-state index in [4.69, 9.17) is 9.84 Å². The molecule has 0 unspecified atom stereocenters. The van der Waals surface area contributed by atoms with Gasteiger partial charge in [0.1, 0.15) is 6.61 Å². The van der Waals surface area contributed by atoms with Crippen LogP contribution < -0.4 is 10.6 Å². The number of hydrogen-bond acceptors (Lipinski definition) is 4. The first-order valence-corrected chi connectivity index (χ1v) is 9.78. The van der Waals surface area contributed by atoms with Crippen LogP contribution >= 0.6 is 0 Å². The number of ether oxygens (including phenoxy) is 1. The van der Waals surface area contributed by atoms with E-state index in [1.165, 1.54) is 11.1 Å². The maximum atomic E-state index is 12.3. The van der Waals surface area contributed by atoms with E-state index < -0.39 is 6.09 Å². The van der Waals surface area contributed by atoms with Crippen LogP contribution in [0.2, 0.25) is 0 Å². The van der Waals surface area contributed by atoms with Gasteiger partial charge in [-0.05, 0) is 46.5 Å². The Hall–Kier alpha value is -3.64. The van der Waals surface area contributed by atoms with Crippen LogP contribution in [0, 0.1) is 0 Å². The minimum atomic E-state index is -0.547. The molecule has 1 aliphatic carbocycles. The van der Waals surface area contributed by atoms with Gasteiger partial charge in [-0.3, -0.25) is 10.1 Å². The summed E-state index contributed by atoms with van der Waals surface area (Å²) in [4.78, 5) is 24.2. The number of carbonyl (C=O) groups excluding carboxylic acids is 2. The number of benzene rings is 3. The highest BCUT2D eigenvalue weighted by Crippen LogP contribution is 2.44. The van der Waals surface area contributed by atoms with Crippen LogP contribution in [0.25, 0.3) is 11.1 Å². The maximum absolute atomic E-state index is 12.3. The van der Waals surface area contributed by atoms with E-state index >= 15 is 0 Å². The number of rotatable bonds is 6. The normalized spacial score (nSPS) is 12.0. The van der Waals surface area contributed by atoms with Crippen LogP contribution in [0.4, 0.5) is 10.5 Å². The van der Waals surface area contributed by atoms with Crippen molar-refractivity contribution in [2.45, 2.75) is 5.92 Å². The van der Waals surface area contributed by atoms with Gasteiger partial charge in [-0.15, -0.1) is 0 Å². The number of aliphatic hydroxyl groups is 1. The summed E-state index contributed by atoms with van der Waals surface area (Å²) >= 11 is 0. The number of anilines is 1. The van der Waals surface area contributed by atoms with Gasteiger partial charge in [-0.1, -0.05) is 48.5 Å². The maximum Gasteiger partial charge on any atom is 0.411 e. The summed E-state index contributed by atoms with van der Waals surface area (Å²) in [5.41, 5.74) is 5.65. The molecular formula is C24H22N2O4. The molecule has 0 spiro atoms. The van der Waals surface area contributed by atoms with E-state index in [0.717, 1.165) is 11.1 Å². The van der Waals surface area contributed by atoms with Crippen molar-refractivity contribution in [1.82, 2.24) is 5.32 Å². The molecule has 0 heterocycles. The average molecular weight is 402 g/mol. The van der Waals surface area contributed by atoms with Gasteiger partial charge in [-0.2, -0.15) is 0 Å². The number of amides is 2. The Morgan fingerprint density at radius 2 is 1.47 bits per heavy atom.